The van der Waals surface area contributed by atoms with Crippen LogP contribution in [0.5, 0.6) is 0 Å². The third-order valence-electron chi connectivity index (χ3n) is 5.08. The normalized spacial score (nSPS) is 13.8. The summed E-state index contributed by atoms with van der Waals surface area (Å²) < 4.78 is 2.19. The number of fused-ring (bicyclic) bond motifs is 1. The van der Waals surface area contributed by atoms with E-state index in [4.69, 9.17) is 0 Å². The van der Waals surface area contributed by atoms with E-state index in [1.165, 1.54) is 31.0 Å². The molecule has 0 radical (unpaired) electrons. The number of hydrogen-bond donors (Lipinski definition) is 1. The van der Waals surface area contributed by atoms with Crippen LogP contribution in [-0.2, 0) is 13.0 Å². The Labute approximate surface area is 167 Å². The van der Waals surface area contributed by atoms with Gasteiger partial charge in [0.1, 0.15) is 5.82 Å². The van der Waals surface area contributed by atoms with Crippen molar-refractivity contribution in [3.8, 4) is 11.4 Å². The number of hydrogen-bond acceptors (Lipinski definition) is 5. The smallest absolute Gasteiger partial charge is 0.270 e. The van der Waals surface area contributed by atoms with Gasteiger partial charge in [-0.25, -0.2) is 0 Å². The number of rotatable bonds is 4. The van der Waals surface area contributed by atoms with Crippen molar-refractivity contribution in [1.82, 2.24) is 14.8 Å². The number of carbonyl (C=O) groups is 1. The number of aryl methyl sites for hydroxylation is 1. The number of carbonyl (C=O) groups excluding carboxylic acids is 1. The molecule has 3 aromatic rings. The molecule has 1 aromatic heterocycles. The second-order valence-electron chi connectivity index (χ2n) is 7.09. The van der Waals surface area contributed by atoms with Crippen LogP contribution in [0.4, 0.5) is 11.4 Å². The Morgan fingerprint density at radius 3 is 2.62 bits per heavy atom. The summed E-state index contributed by atoms with van der Waals surface area (Å²) in [6, 6.07) is 13.1. The van der Waals surface area contributed by atoms with Gasteiger partial charge in [-0.1, -0.05) is 18.9 Å². The molecular formula is C21H21N5O3. The van der Waals surface area contributed by atoms with E-state index in [-0.39, 0.29) is 11.3 Å². The minimum atomic E-state index is -0.519. The number of nitrogens with zero attached hydrogens (tertiary/aromatic N) is 4. The highest BCUT2D eigenvalue weighted by Gasteiger charge is 2.16. The van der Waals surface area contributed by atoms with Crippen LogP contribution in [0.2, 0.25) is 0 Å². The van der Waals surface area contributed by atoms with Gasteiger partial charge < -0.3 is 9.88 Å². The standard InChI is InChI=1S/C21H21N5O3/c27-21(16-6-5-7-18(14-16)26(28)29)22-17-11-9-15(10-12-17)20-24-23-19-8-3-1-2-4-13-25(19)20/h5-7,9-12,14H,1-4,8,13H2,(H,22,27). The number of non-ortho nitro benzene ring substituents is 1. The van der Waals surface area contributed by atoms with Crippen LogP contribution in [0.3, 0.4) is 0 Å². The van der Waals surface area contributed by atoms with E-state index in [0.717, 1.165) is 43.0 Å². The fourth-order valence-corrected chi connectivity index (χ4v) is 3.54. The maximum Gasteiger partial charge on any atom is 0.270 e. The van der Waals surface area contributed by atoms with Crippen LogP contribution < -0.4 is 5.32 Å². The van der Waals surface area contributed by atoms with Crippen LogP contribution in [0.25, 0.3) is 11.4 Å². The van der Waals surface area contributed by atoms with Gasteiger partial charge in [-0.3, -0.25) is 14.9 Å². The second-order valence-corrected chi connectivity index (χ2v) is 7.09. The Bertz CT molecular complexity index is 1040. The van der Waals surface area contributed by atoms with E-state index in [1.807, 2.05) is 12.1 Å². The Kier molecular flexibility index (Phi) is 5.33. The summed E-state index contributed by atoms with van der Waals surface area (Å²) in [6.45, 7) is 0.920. The Morgan fingerprint density at radius 1 is 1.03 bits per heavy atom. The predicted octanol–water partition coefficient (Wildman–Crippen LogP) is 4.22. The number of nitro groups is 1. The first-order valence-electron chi connectivity index (χ1n) is 9.70. The lowest BCUT2D eigenvalue weighted by molar-refractivity contribution is -0.384. The number of aromatic nitrogens is 3. The molecule has 2 aromatic carbocycles. The molecule has 0 atom stereocenters. The van der Waals surface area contributed by atoms with Crippen LogP contribution in [0, 0.1) is 10.1 Å². The summed E-state index contributed by atoms with van der Waals surface area (Å²) in [6.07, 6.45) is 5.67. The number of benzene rings is 2. The van der Waals surface area contributed by atoms with Gasteiger partial charge in [0.2, 0.25) is 0 Å². The molecule has 148 valence electrons. The van der Waals surface area contributed by atoms with Crippen molar-refractivity contribution in [3.63, 3.8) is 0 Å². The number of amides is 1. The van der Waals surface area contributed by atoms with Crippen LogP contribution in [0.15, 0.2) is 48.5 Å². The van der Waals surface area contributed by atoms with Crippen molar-refractivity contribution in [2.45, 2.75) is 38.6 Å². The third-order valence-corrected chi connectivity index (χ3v) is 5.08. The molecule has 0 saturated heterocycles. The van der Waals surface area contributed by atoms with Gasteiger partial charge in [0.15, 0.2) is 5.82 Å². The lowest BCUT2D eigenvalue weighted by Crippen LogP contribution is -2.12. The number of nitro benzene ring substituents is 1. The second kappa shape index (κ2) is 8.22. The molecule has 0 spiro atoms. The lowest BCUT2D eigenvalue weighted by Gasteiger charge is -2.13. The van der Waals surface area contributed by atoms with Gasteiger partial charge in [0.25, 0.3) is 11.6 Å². The van der Waals surface area contributed by atoms with Crippen molar-refractivity contribution in [2.75, 3.05) is 5.32 Å². The topological polar surface area (TPSA) is 103 Å². The fourth-order valence-electron chi connectivity index (χ4n) is 3.54. The molecular weight excluding hydrogens is 370 g/mol. The Morgan fingerprint density at radius 2 is 1.83 bits per heavy atom. The van der Waals surface area contributed by atoms with E-state index in [9.17, 15) is 14.9 Å². The average molecular weight is 391 g/mol. The monoisotopic (exact) mass is 391 g/mol. The quantitative estimate of drug-likeness (QED) is 0.530. The maximum absolute atomic E-state index is 12.4. The van der Waals surface area contributed by atoms with Crippen molar-refractivity contribution in [1.29, 1.82) is 0 Å². The highest BCUT2D eigenvalue weighted by Crippen LogP contribution is 2.24. The molecule has 0 aliphatic carbocycles. The SMILES string of the molecule is O=C(Nc1ccc(-c2nnc3n2CCCCCC3)cc1)c1cccc([N+](=O)[O-])c1. The molecule has 0 unspecified atom stereocenters. The molecule has 0 saturated carbocycles. The Hall–Kier alpha value is -3.55. The van der Waals surface area contributed by atoms with Crippen LogP contribution in [-0.4, -0.2) is 25.6 Å². The molecule has 0 fully saturated rings. The number of anilines is 1. The summed E-state index contributed by atoms with van der Waals surface area (Å²) in [5.41, 5.74) is 1.67. The zero-order valence-electron chi connectivity index (χ0n) is 15.9. The van der Waals surface area contributed by atoms with E-state index in [1.54, 1.807) is 18.2 Å². The fraction of sp³-hybridized carbons (Fsp3) is 0.286. The van der Waals surface area contributed by atoms with Crippen molar-refractivity contribution < 1.29 is 9.72 Å². The summed E-state index contributed by atoms with van der Waals surface area (Å²) in [5, 5.41) is 22.4. The van der Waals surface area contributed by atoms with Crippen LogP contribution in [0.1, 0.15) is 41.9 Å². The Balaban J connectivity index is 1.51. The first kappa shape index (κ1) is 18.8. The molecule has 2 heterocycles. The van der Waals surface area contributed by atoms with Gasteiger partial charge in [-0.2, -0.15) is 0 Å². The maximum atomic E-state index is 12.4. The molecule has 4 rings (SSSR count). The number of nitrogens with one attached hydrogen (secondary N) is 1. The van der Waals surface area contributed by atoms with E-state index in [2.05, 4.69) is 20.1 Å². The first-order chi connectivity index (χ1) is 14.1. The van der Waals surface area contributed by atoms with Gasteiger partial charge in [0.05, 0.1) is 4.92 Å². The molecule has 1 N–H and O–H groups in total. The summed E-state index contributed by atoms with van der Waals surface area (Å²) in [5.74, 6) is 1.48. The highest BCUT2D eigenvalue weighted by molar-refractivity contribution is 6.04. The summed E-state index contributed by atoms with van der Waals surface area (Å²) in [7, 11) is 0. The molecule has 8 heteroatoms. The van der Waals surface area contributed by atoms with Gasteiger partial charge in [0, 0.05) is 41.9 Å². The summed E-state index contributed by atoms with van der Waals surface area (Å²) >= 11 is 0. The van der Waals surface area contributed by atoms with E-state index < -0.39 is 10.8 Å². The van der Waals surface area contributed by atoms with Crippen molar-refractivity contribution >= 4 is 17.3 Å². The van der Waals surface area contributed by atoms with Crippen LogP contribution >= 0.6 is 0 Å². The van der Waals surface area contributed by atoms with Gasteiger partial charge in [-0.05, 0) is 43.2 Å². The molecule has 1 amide bonds. The van der Waals surface area contributed by atoms with Gasteiger partial charge in [-0.15, -0.1) is 10.2 Å². The minimum absolute atomic E-state index is 0.115. The lowest BCUT2D eigenvalue weighted by atomic mass is 10.1. The average Bonchev–Trinajstić information content (AvgIpc) is 3.10. The molecule has 29 heavy (non-hydrogen) atoms. The molecule has 1 aliphatic heterocycles. The van der Waals surface area contributed by atoms with Crippen molar-refractivity contribution in [2.24, 2.45) is 0 Å². The predicted molar refractivity (Wildman–Crippen MR) is 109 cm³/mol. The first-order valence-corrected chi connectivity index (χ1v) is 9.70. The highest BCUT2D eigenvalue weighted by atomic mass is 16.6. The molecule has 8 nitrogen and oxygen atoms in total. The zero-order chi connectivity index (χ0) is 20.2. The molecule has 1 aliphatic rings. The zero-order valence-corrected chi connectivity index (χ0v) is 15.9. The van der Waals surface area contributed by atoms with E-state index >= 15 is 0 Å². The van der Waals surface area contributed by atoms with E-state index in [0.29, 0.717) is 5.69 Å². The third kappa shape index (κ3) is 4.16. The summed E-state index contributed by atoms with van der Waals surface area (Å²) in [4.78, 5) is 22.8. The molecule has 0 bridgehead atoms. The largest absolute Gasteiger partial charge is 0.322 e. The van der Waals surface area contributed by atoms with Crippen molar-refractivity contribution in [3.05, 3.63) is 70.0 Å². The minimum Gasteiger partial charge on any atom is -0.322 e. The van der Waals surface area contributed by atoms with Gasteiger partial charge >= 0.3 is 0 Å².